The number of carbonyl (C=O) groups is 2. The first-order chi connectivity index (χ1) is 15.5. The third-order valence-corrected chi connectivity index (χ3v) is 8.47. The standard InChI is InChI=1S/C23H28ClN3O4S/c24-15-11-27(20-16(28)12-31-21(15)20)23(30)19(13-4-2-1-3-5-13)26-22(29)18-7-6-17(32-18)14-8-9-25-10-14/h6-10,13,15-16,19-21,25,28H,1-5,11-12H2,(H,26,29)/t15-,16-,19-,20+,21+/m0/s1. The average molecular weight is 478 g/mol. The Labute approximate surface area is 196 Å². The lowest BCUT2D eigenvalue weighted by Gasteiger charge is -2.35. The molecule has 0 bridgehead atoms. The number of thiophene rings is 1. The van der Waals surface area contributed by atoms with Gasteiger partial charge in [0.2, 0.25) is 5.91 Å². The van der Waals surface area contributed by atoms with Gasteiger partial charge >= 0.3 is 0 Å². The molecule has 9 heteroatoms. The maximum Gasteiger partial charge on any atom is 0.262 e. The van der Waals surface area contributed by atoms with Gasteiger partial charge in [-0.05, 0) is 37.0 Å². The molecule has 0 aromatic carbocycles. The van der Waals surface area contributed by atoms with E-state index in [1.165, 1.54) is 11.3 Å². The summed E-state index contributed by atoms with van der Waals surface area (Å²) >= 11 is 7.85. The number of hydrogen-bond donors (Lipinski definition) is 3. The molecule has 2 aromatic heterocycles. The van der Waals surface area contributed by atoms with Crippen LogP contribution in [-0.4, -0.2) is 69.6 Å². The number of alkyl halides is 1. The van der Waals surface area contributed by atoms with Crippen molar-refractivity contribution in [2.75, 3.05) is 13.2 Å². The van der Waals surface area contributed by atoms with Crippen molar-refractivity contribution in [2.24, 2.45) is 5.92 Å². The van der Waals surface area contributed by atoms with Crippen molar-refractivity contribution in [1.82, 2.24) is 15.2 Å². The van der Waals surface area contributed by atoms with E-state index in [1.807, 2.05) is 24.5 Å². The van der Waals surface area contributed by atoms with Crippen LogP contribution in [0.5, 0.6) is 0 Å². The minimum atomic E-state index is -0.753. The van der Waals surface area contributed by atoms with Gasteiger partial charge in [-0.1, -0.05) is 19.3 Å². The van der Waals surface area contributed by atoms with Gasteiger partial charge < -0.3 is 25.0 Å². The number of aromatic nitrogens is 1. The molecule has 172 valence electrons. The molecule has 3 fully saturated rings. The van der Waals surface area contributed by atoms with E-state index in [0.29, 0.717) is 11.4 Å². The molecule has 5 atom stereocenters. The van der Waals surface area contributed by atoms with Crippen molar-refractivity contribution >= 4 is 34.8 Å². The van der Waals surface area contributed by atoms with Crippen LogP contribution in [0.4, 0.5) is 0 Å². The molecule has 4 heterocycles. The monoisotopic (exact) mass is 477 g/mol. The Bertz CT molecular complexity index is 958. The number of rotatable bonds is 5. The Balaban J connectivity index is 1.36. The molecule has 3 N–H and O–H groups in total. The molecule has 2 aliphatic heterocycles. The summed E-state index contributed by atoms with van der Waals surface area (Å²) in [7, 11) is 0. The minimum Gasteiger partial charge on any atom is -0.388 e. The number of ether oxygens (including phenoxy) is 1. The van der Waals surface area contributed by atoms with Gasteiger partial charge in [0.05, 0.1) is 29.0 Å². The first kappa shape index (κ1) is 21.9. The van der Waals surface area contributed by atoms with E-state index in [-0.39, 0.29) is 35.8 Å². The molecule has 7 nitrogen and oxygen atoms in total. The lowest BCUT2D eigenvalue weighted by molar-refractivity contribution is -0.137. The molecular formula is C23H28ClN3O4S. The first-order valence-corrected chi connectivity index (χ1v) is 12.6. The third kappa shape index (κ3) is 4.09. The van der Waals surface area contributed by atoms with Crippen LogP contribution >= 0.6 is 22.9 Å². The summed E-state index contributed by atoms with van der Waals surface area (Å²) < 4.78 is 5.63. The number of likely N-dealkylation sites (tertiary alicyclic amines) is 1. The number of aromatic amines is 1. The van der Waals surface area contributed by atoms with E-state index in [2.05, 4.69) is 10.3 Å². The van der Waals surface area contributed by atoms with Gasteiger partial charge in [0.15, 0.2) is 0 Å². The Kier molecular flexibility index (Phi) is 6.29. The van der Waals surface area contributed by atoms with Crippen molar-refractivity contribution in [2.45, 2.75) is 61.8 Å². The van der Waals surface area contributed by atoms with Crippen molar-refractivity contribution in [3.8, 4) is 10.4 Å². The minimum absolute atomic E-state index is 0.0802. The van der Waals surface area contributed by atoms with E-state index in [4.69, 9.17) is 16.3 Å². The number of nitrogens with one attached hydrogen (secondary N) is 2. The maximum atomic E-state index is 13.7. The summed E-state index contributed by atoms with van der Waals surface area (Å²) in [5.41, 5.74) is 1.03. The zero-order valence-corrected chi connectivity index (χ0v) is 19.3. The van der Waals surface area contributed by atoms with Gasteiger partial charge in [0, 0.05) is 29.4 Å². The third-order valence-electron chi connectivity index (χ3n) is 6.95. The number of hydrogen-bond acceptors (Lipinski definition) is 5. The number of aliphatic hydroxyl groups is 1. The van der Waals surface area contributed by atoms with Gasteiger partial charge in [-0.3, -0.25) is 9.59 Å². The molecular weight excluding hydrogens is 450 g/mol. The van der Waals surface area contributed by atoms with Gasteiger partial charge in [-0.15, -0.1) is 22.9 Å². The Morgan fingerprint density at radius 2 is 2.06 bits per heavy atom. The van der Waals surface area contributed by atoms with E-state index >= 15 is 0 Å². The Hall–Kier alpha value is -1.87. The van der Waals surface area contributed by atoms with Crippen LogP contribution in [-0.2, 0) is 9.53 Å². The fourth-order valence-corrected chi connectivity index (χ4v) is 6.59. The predicted molar refractivity (Wildman–Crippen MR) is 123 cm³/mol. The molecule has 5 rings (SSSR count). The van der Waals surface area contributed by atoms with Crippen LogP contribution < -0.4 is 5.32 Å². The van der Waals surface area contributed by atoms with E-state index in [9.17, 15) is 14.7 Å². The molecule has 1 saturated carbocycles. The van der Waals surface area contributed by atoms with Crippen LogP contribution in [0.15, 0.2) is 30.6 Å². The highest BCUT2D eigenvalue weighted by Gasteiger charge is 2.53. The summed E-state index contributed by atoms with van der Waals surface area (Å²) in [6, 6.07) is 4.62. The number of aliphatic hydroxyl groups excluding tert-OH is 1. The summed E-state index contributed by atoms with van der Waals surface area (Å²) in [6.45, 7) is 0.502. The van der Waals surface area contributed by atoms with Crippen molar-refractivity contribution in [1.29, 1.82) is 0 Å². The second-order valence-electron chi connectivity index (χ2n) is 8.98. The second kappa shape index (κ2) is 9.17. The van der Waals surface area contributed by atoms with Gasteiger partial charge in [0.25, 0.3) is 5.91 Å². The molecule has 2 aromatic rings. The smallest absolute Gasteiger partial charge is 0.262 e. The van der Waals surface area contributed by atoms with Gasteiger partial charge in [0.1, 0.15) is 12.1 Å². The molecule has 32 heavy (non-hydrogen) atoms. The summed E-state index contributed by atoms with van der Waals surface area (Å²) in [5, 5.41) is 13.1. The van der Waals surface area contributed by atoms with E-state index in [1.54, 1.807) is 11.0 Å². The van der Waals surface area contributed by atoms with Crippen LogP contribution in [0.25, 0.3) is 10.4 Å². The largest absolute Gasteiger partial charge is 0.388 e. The maximum absolute atomic E-state index is 13.7. The average Bonchev–Trinajstić information content (AvgIpc) is 3.59. The molecule has 3 aliphatic rings. The first-order valence-electron chi connectivity index (χ1n) is 11.3. The second-order valence-corrected chi connectivity index (χ2v) is 10.6. The number of amides is 2. The highest BCUT2D eigenvalue weighted by molar-refractivity contribution is 7.17. The SMILES string of the molecule is O=C(N[C@H](C(=O)N1C[C@H](Cl)[C@H]2OC[C@H](O)[C@H]21)C1CCCCC1)c1ccc(-c2cc[nH]c2)s1. The summed E-state index contributed by atoms with van der Waals surface area (Å²) in [6.07, 6.45) is 7.69. The number of fused-ring (bicyclic) bond motifs is 1. The van der Waals surface area contributed by atoms with Crippen LogP contribution in [0.3, 0.4) is 0 Å². The van der Waals surface area contributed by atoms with Crippen LogP contribution in [0.1, 0.15) is 41.8 Å². The molecule has 2 amide bonds. The van der Waals surface area contributed by atoms with Gasteiger partial charge in [-0.25, -0.2) is 0 Å². The number of nitrogens with zero attached hydrogens (tertiary/aromatic N) is 1. The van der Waals surface area contributed by atoms with Crippen LogP contribution in [0.2, 0.25) is 0 Å². The fourth-order valence-electron chi connectivity index (χ4n) is 5.31. The quantitative estimate of drug-likeness (QED) is 0.577. The van der Waals surface area contributed by atoms with Gasteiger partial charge in [-0.2, -0.15) is 0 Å². The highest BCUT2D eigenvalue weighted by Crippen LogP contribution is 2.35. The molecule has 0 radical (unpaired) electrons. The molecule has 2 saturated heterocycles. The zero-order chi connectivity index (χ0) is 22.2. The highest BCUT2D eigenvalue weighted by atomic mass is 35.5. The topological polar surface area (TPSA) is 94.7 Å². The number of H-pyrrole nitrogens is 1. The summed E-state index contributed by atoms with van der Waals surface area (Å²) in [4.78, 5) is 33.2. The van der Waals surface area contributed by atoms with Crippen molar-refractivity contribution in [3.63, 3.8) is 0 Å². The normalized spacial score (nSPS) is 29.1. The molecule has 0 unspecified atom stereocenters. The Morgan fingerprint density at radius 1 is 1.25 bits per heavy atom. The molecule has 0 spiro atoms. The zero-order valence-electron chi connectivity index (χ0n) is 17.7. The van der Waals surface area contributed by atoms with E-state index in [0.717, 1.165) is 42.5 Å². The van der Waals surface area contributed by atoms with Crippen molar-refractivity contribution in [3.05, 3.63) is 35.5 Å². The van der Waals surface area contributed by atoms with Crippen LogP contribution in [0, 0.1) is 5.92 Å². The summed E-state index contributed by atoms with van der Waals surface area (Å²) in [5.74, 6) is -0.311. The Morgan fingerprint density at radius 3 is 2.81 bits per heavy atom. The van der Waals surface area contributed by atoms with E-state index < -0.39 is 18.2 Å². The number of halogens is 1. The predicted octanol–water partition coefficient (Wildman–Crippen LogP) is 3.00. The lowest BCUT2D eigenvalue weighted by atomic mass is 9.83. The fraction of sp³-hybridized carbons (Fsp3) is 0.565. The molecule has 1 aliphatic carbocycles. The van der Waals surface area contributed by atoms with Crippen molar-refractivity contribution < 1.29 is 19.4 Å². The lowest BCUT2D eigenvalue weighted by Crippen LogP contribution is -2.55. The number of carbonyl (C=O) groups excluding carboxylic acids is 2.